The van der Waals surface area contributed by atoms with Crippen LogP contribution in [-0.4, -0.2) is 31.5 Å². The number of hydrogen-bond acceptors (Lipinski definition) is 4. The molecule has 6 nitrogen and oxygen atoms in total. The minimum atomic E-state index is -0.204. The Morgan fingerprint density at radius 3 is 2.61 bits per heavy atom. The predicted molar refractivity (Wildman–Crippen MR) is 113 cm³/mol. The Kier molecular flexibility index (Phi) is 8.34. The van der Waals surface area contributed by atoms with E-state index in [1.807, 2.05) is 31.2 Å². The normalized spacial score (nSPS) is 10.4. The lowest BCUT2D eigenvalue weighted by molar-refractivity contribution is -0.114. The van der Waals surface area contributed by atoms with E-state index in [0.717, 1.165) is 17.9 Å². The Bertz CT molecular complexity index is 790. The zero-order chi connectivity index (χ0) is 20.4. The largest absolute Gasteiger partial charge is 0.491 e. The fraction of sp³-hybridized carbons (Fsp3) is 0.364. The third-order valence-electron chi connectivity index (χ3n) is 3.84. The van der Waals surface area contributed by atoms with Gasteiger partial charge in [-0.25, -0.2) is 0 Å². The third-order valence-corrected chi connectivity index (χ3v) is 3.84. The second kappa shape index (κ2) is 11.0. The Labute approximate surface area is 166 Å². The van der Waals surface area contributed by atoms with Crippen molar-refractivity contribution >= 4 is 23.2 Å². The SMILES string of the molecule is CCCNC(=O)c1cccc(NC(=O)CNc2ccccc2OCC(C)C)c1. The highest BCUT2D eigenvalue weighted by Gasteiger charge is 2.09. The van der Waals surface area contributed by atoms with Crippen LogP contribution in [-0.2, 0) is 4.79 Å². The van der Waals surface area contributed by atoms with Crippen molar-refractivity contribution in [2.24, 2.45) is 5.92 Å². The zero-order valence-corrected chi connectivity index (χ0v) is 16.7. The molecule has 2 aromatic rings. The fourth-order valence-corrected chi connectivity index (χ4v) is 2.45. The van der Waals surface area contributed by atoms with E-state index in [1.54, 1.807) is 24.3 Å². The van der Waals surface area contributed by atoms with E-state index >= 15 is 0 Å². The summed E-state index contributed by atoms with van der Waals surface area (Å²) < 4.78 is 5.78. The first-order valence-electron chi connectivity index (χ1n) is 9.63. The van der Waals surface area contributed by atoms with Crippen molar-refractivity contribution in [1.29, 1.82) is 0 Å². The summed E-state index contributed by atoms with van der Waals surface area (Å²) in [5.74, 6) is 0.786. The van der Waals surface area contributed by atoms with Gasteiger partial charge < -0.3 is 20.7 Å². The van der Waals surface area contributed by atoms with Gasteiger partial charge in [-0.3, -0.25) is 9.59 Å². The van der Waals surface area contributed by atoms with Crippen LogP contribution in [0.2, 0.25) is 0 Å². The number of benzene rings is 2. The van der Waals surface area contributed by atoms with Gasteiger partial charge in [0.05, 0.1) is 18.8 Å². The topological polar surface area (TPSA) is 79.5 Å². The number of hydrogen-bond donors (Lipinski definition) is 3. The lowest BCUT2D eigenvalue weighted by Gasteiger charge is -2.14. The maximum absolute atomic E-state index is 12.3. The molecule has 150 valence electrons. The highest BCUT2D eigenvalue weighted by molar-refractivity contribution is 5.98. The molecule has 0 aliphatic heterocycles. The van der Waals surface area contributed by atoms with Crippen LogP contribution in [0.1, 0.15) is 37.6 Å². The van der Waals surface area contributed by atoms with Gasteiger partial charge in [0.1, 0.15) is 5.75 Å². The first-order chi connectivity index (χ1) is 13.5. The van der Waals surface area contributed by atoms with Crippen molar-refractivity contribution in [3.8, 4) is 5.75 Å². The molecule has 0 bridgehead atoms. The first kappa shape index (κ1) is 21.3. The Morgan fingerprint density at radius 2 is 1.86 bits per heavy atom. The molecule has 28 heavy (non-hydrogen) atoms. The summed E-state index contributed by atoms with van der Waals surface area (Å²) in [6.07, 6.45) is 0.871. The second-order valence-corrected chi connectivity index (χ2v) is 6.94. The molecule has 0 heterocycles. The number of para-hydroxylation sites is 2. The van der Waals surface area contributed by atoms with Crippen molar-refractivity contribution in [2.45, 2.75) is 27.2 Å². The molecule has 2 aromatic carbocycles. The molecular formula is C22H29N3O3. The van der Waals surface area contributed by atoms with Crippen LogP contribution in [0.3, 0.4) is 0 Å². The first-order valence-corrected chi connectivity index (χ1v) is 9.63. The lowest BCUT2D eigenvalue weighted by atomic mass is 10.2. The van der Waals surface area contributed by atoms with E-state index in [2.05, 4.69) is 29.8 Å². The van der Waals surface area contributed by atoms with Crippen LogP contribution in [0.25, 0.3) is 0 Å². The maximum atomic E-state index is 12.3. The average molecular weight is 383 g/mol. The van der Waals surface area contributed by atoms with Gasteiger partial charge in [0.15, 0.2) is 0 Å². The molecule has 0 radical (unpaired) electrons. The lowest BCUT2D eigenvalue weighted by Crippen LogP contribution is -2.25. The number of ether oxygens (including phenoxy) is 1. The Balaban J connectivity index is 1.92. The van der Waals surface area contributed by atoms with Crippen molar-refractivity contribution in [3.05, 3.63) is 54.1 Å². The molecule has 0 aliphatic carbocycles. The summed E-state index contributed by atoms with van der Waals surface area (Å²) >= 11 is 0. The summed E-state index contributed by atoms with van der Waals surface area (Å²) in [6.45, 7) is 7.49. The third kappa shape index (κ3) is 6.95. The van der Waals surface area contributed by atoms with Crippen LogP contribution in [0, 0.1) is 5.92 Å². The molecule has 0 spiro atoms. The van der Waals surface area contributed by atoms with Gasteiger partial charge in [-0.15, -0.1) is 0 Å². The number of carbonyl (C=O) groups excluding carboxylic acids is 2. The highest BCUT2D eigenvalue weighted by atomic mass is 16.5. The minimum absolute atomic E-state index is 0.0916. The van der Waals surface area contributed by atoms with Crippen LogP contribution in [0.15, 0.2) is 48.5 Å². The van der Waals surface area contributed by atoms with Gasteiger partial charge in [-0.2, -0.15) is 0 Å². The van der Waals surface area contributed by atoms with Crippen molar-refractivity contribution in [1.82, 2.24) is 5.32 Å². The molecule has 2 rings (SSSR count). The fourth-order valence-electron chi connectivity index (χ4n) is 2.45. The van der Waals surface area contributed by atoms with Gasteiger partial charge >= 0.3 is 0 Å². The van der Waals surface area contributed by atoms with Crippen LogP contribution >= 0.6 is 0 Å². The van der Waals surface area contributed by atoms with Crippen LogP contribution < -0.4 is 20.7 Å². The molecule has 0 aliphatic rings. The monoisotopic (exact) mass is 383 g/mol. The van der Waals surface area contributed by atoms with Gasteiger partial charge in [-0.1, -0.05) is 39.0 Å². The number of rotatable bonds is 10. The molecule has 6 heteroatoms. The Hall–Kier alpha value is -3.02. The minimum Gasteiger partial charge on any atom is -0.491 e. The standard InChI is InChI=1S/C22H29N3O3/c1-4-12-23-22(27)17-8-7-9-18(13-17)25-21(26)14-24-19-10-5-6-11-20(19)28-15-16(2)3/h5-11,13,16,24H,4,12,14-15H2,1-3H3,(H,23,27)(H,25,26). The molecule has 2 amide bonds. The average Bonchev–Trinajstić information content (AvgIpc) is 2.69. The molecular weight excluding hydrogens is 354 g/mol. The molecule has 0 fully saturated rings. The maximum Gasteiger partial charge on any atom is 0.251 e. The summed E-state index contributed by atoms with van der Waals surface area (Å²) in [5, 5.41) is 8.74. The number of anilines is 2. The summed E-state index contributed by atoms with van der Waals surface area (Å²) in [5.41, 5.74) is 1.87. The second-order valence-electron chi connectivity index (χ2n) is 6.94. The molecule has 0 unspecified atom stereocenters. The van der Waals surface area contributed by atoms with Gasteiger partial charge in [-0.05, 0) is 42.7 Å². The van der Waals surface area contributed by atoms with Crippen LogP contribution in [0.5, 0.6) is 5.75 Å². The summed E-state index contributed by atoms with van der Waals surface area (Å²) in [6, 6.07) is 14.4. The Morgan fingerprint density at radius 1 is 1.07 bits per heavy atom. The quantitative estimate of drug-likeness (QED) is 0.581. The van der Waals surface area contributed by atoms with Gasteiger partial charge in [0.2, 0.25) is 5.91 Å². The van der Waals surface area contributed by atoms with E-state index < -0.39 is 0 Å². The van der Waals surface area contributed by atoms with Crippen LogP contribution in [0.4, 0.5) is 11.4 Å². The smallest absolute Gasteiger partial charge is 0.251 e. The highest BCUT2D eigenvalue weighted by Crippen LogP contribution is 2.24. The van der Waals surface area contributed by atoms with Gasteiger partial charge in [0, 0.05) is 17.8 Å². The number of nitrogens with one attached hydrogen (secondary N) is 3. The van der Waals surface area contributed by atoms with E-state index in [0.29, 0.717) is 30.3 Å². The van der Waals surface area contributed by atoms with Crippen molar-refractivity contribution in [2.75, 3.05) is 30.3 Å². The molecule has 3 N–H and O–H groups in total. The molecule has 0 saturated carbocycles. The van der Waals surface area contributed by atoms with E-state index in [-0.39, 0.29) is 18.4 Å². The number of carbonyl (C=O) groups is 2. The molecule has 0 atom stereocenters. The molecule has 0 saturated heterocycles. The van der Waals surface area contributed by atoms with Gasteiger partial charge in [0.25, 0.3) is 5.91 Å². The summed E-state index contributed by atoms with van der Waals surface area (Å²) in [7, 11) is 0. The predicted octanol–water partition coefficient (Wildman–Crippen LogP) is 3.91. The number of amides is 2. The summed E-state index contributed by atoms with van der Waals surface area (Å²) in [4.78, 5) is 24.4. The zero-order valence-electron chi connectivity index (χ0n) is 16.7. The van der Waals surface area contributed by atoms with E-state index in [9.17, 15) is 9.59 Å². The van der Waals surface area contributed by atoms with Crippen molar-refractivity contribution < 1.29 is 14.3 Å². The molecule has 0 aromatic heterocycles. The van der Waals surface area contributed by atoms with E-state index in [1.165, 1.54) is 0 Å². The van der Waals surface area contributed by atoms with E-state index in [4.69, 9.17) is 4.74 Å². The van der Waals surface area contributed by atoms with Crippen molar-refractivity contribution in [3.63, 3.8) is 0 Å².